The number of rotatable bonds is 6. The van der Waals surface area contributed by atoms with Crippen LogP contribution >= 0.6 is 0 Å². The molecule has 2 aliphatic heterocycles. The third-order valence-electron chi connectivity index (χ3n) is 7.90. The van der Waals surface area contributed by atoms with E-state index in [9.17, 15) is 26.7 Å². The molecule has 2 aliphatic rings. The number of carbonyl (C=O) groups is 1. The molecule has 0 saturated carbocycles. The Balaban J connectivity index is 1.34. The van der Waals surface area contributed by atoms with Crippen molar-refractivity contribution in [3.63, 3.8) is 0 Å². The molecule has 2 aromatic rings. The van der Waals surface area contributed by atoms with Gasteiger partial charge in [-0.25, -0.2) is 8.78 Å². The fourth-order valence-corrected chi connectivity index (χ4v) is 5.51. The summed E-state index contributed by atoms with van der Waals surface area (Å²) in [5.74, 6) is -1.27. The smallest absolute Gasteiger partial charge is 0.363 e. The van der Waals surface area contributed by atoms with E-state index < -0.39 is 29.1 Å². The highest BCUT2D eigenvalue weighted by atomic mass is 19.4. The van der Waals surface area contributed by atoms with E-state index in [2.05, 4.69) is 10.2 Å². The van der Waals surface area contributed by atoms with Crippen molar-refractivity contribution in [2.45, 2.75) is 69.8 Å². The number of benzene rings is 2. The van der Waals surface area contributed by atoms with Crippen LogP contribution in [0.1, 0.15) is 62.1 Å². The van der Waals surface area contributed by atoms with Crippen LogP contribution in [0.5, 0.6) is 0 Å². The molecule has 0 aliphatic carbocycles. The van der Waals surface area contributed by atoms with Crippen LogP contribution in [0.15, 0.2) is 42.5 Å². The SMILES string of the molecule is CC(C)[C@]1(C(=O)NCc2cc(C(F)(F)F)ccc2F)CC[C@@H](N2CCC(c3ccc(F)cc3)CC2)CO1. The second kappa shape index (κ2) is 11.1. The van der Waals surface area contributed by atoms with Crippen molar-refractivity contribution >= 4 is 5.91 Å². The summed E-state index contributed by atoms with van der Waals surface area (Å²) in [5, 5.41) is 2.62. The zero-order valence-electron chi connectivity index (χ0n) is 21.1. The van der Waals surface area contributed by atoms with Crippen LogP contribution in [-0.2, 0) is 22.3 Å². The molecule has 1 amide bonds. The second-order valence-corrected chi connectivity index (χ2v) is 10.4. The molecule has 9 heteroatoms. The quantitative estimate of drug-likeness (QED) is 0.468. The van der Waals surface area contributed by atoms with Crippen LogP contribution in [0.2, 0.25) is 0 Å². The Kier molecular flexibility index (Phi) is 8.23. The number of halogens is 5. The van der Waals surface area contributed by atoms with E-state index in [4.69, 9.17) is 4.74 Å². The number of nitrogens with one attached hydrogen (secondary N) is 1. The van der Waals surface area contributed by atoms with Crippen LogP contribution in [0, 0.1) is 17.6 Å². The van der Waals surface area contributed by atoms with Crippen molar-refractivity contribution < 1.29 is 31.5 Å². The minimum atomic E-state index is -4.60. The number of hydrogen-bond donors (Lipinski definition) is 1. The molecule has 0 unspecified atom stereocenters. The standard InChI is InChI=1S/C28H33F5N2O2/c1-18(2)27(26(36)34-16-21-15-22(28(31,32)33)5-8-25(21)30)12-9-24(17-37-27)35-13-10-20(11-14-35)19-3-6-23(29)7-4-19/h3-8,15,18,20,24H,9-14,16-17H2,1-2H3,(H,34,36)/t24-,27+/m1/s1. The van der Waals surface area contributed by atoms with E-state index in [-0.39, 0.29) is 29.9 Å². The number of ether oxygens (including phenoxy) is 1. The lowest BCUT2D eigenvalue weighted by Crippen LogP contribution is -2.58. The Morgan fingerprint density at radius 1 is 1.08 bits per heavy atom. The molecular formula is C28H33F5N2O2. The minimum absolute atomic E-state index is 0.162. The monoisotopic (exact) mass is 524 g/mol. The molecule has 4 nitrogen and oxygen atoms in total. The second-order valence-electron chi connectivity index (χ2n) is 10.4. The molecule has 4 rings (SSSR count). The third-order valence-corrected chi connectivity index (χ3v) is 7.90. The highest BCUT2D eigenvalue weighted by Crippen LogP contribution is 2.37. The van der Waals surface area contributed by atoms with Gasteiger partial charge < -0.3 is 10.1 Å². The molecule has 2 atom stereocenters. The molecular weight excluding hydrogens is 491 g/mol. The van der Waals surface area contributed by atoms with Gasteiger partial charge in [-0.05, 0) is 86.5 Å². The Morgan fingerprint density at radius 3 is 2.32 bits per heavy atom. The van der Waals surface area contributed by atoms with Gasteiger partial charge in [-0.2, -0.15) is 13.2 Å². The summed E-state index contributed by atoms with van der Waals surface area (Å²) in [6, 6.07) is 9.02. The van der Waals surface area contributed by atoms with Crippen LogP contribution in [0.25, 0.3) is 0 Å². The van der Waals surface area contributed by atoms with Gasteiger partial charge in [-0.3, -0.25) is 9.69 Å². The van der Waals surface area contributed by atoms with E-state index >= 15 is 0 Å². The molecule has 202 valence electrons. The van der Waals surface area contributed by atoms with E-state index in [1.807, 2.05) is 26.0 Å². The summed E-state index contributed by atoms with van der Waals surface area (Å²) >= 11 is 0. The van der Waals surface area contributed by atoms with Gasteiger partial charge in [0.2, 0.25) is 0 Å². The number of piperidine rings is 1. The molecule has 2 fully saturated rings. The lowest BCUT2D eigenvalue weighted by atomic mass is 9.80. The molecule has 0 radical (unpaired) electrons. The summed E-state index contributed by atoms with van der Waals surface area (Å²) in [6.07, 6.45) is -1.48. The first-order chi connectivity index (χ1) is 17.5. The average Bonchev–Trinajstić information content (AvgIpc) is 2.88. The maximum Gasteiger partial charge on any atom is 0.416 e. The highest BCUT2D eigenvalue weighted by Gasteiger charge is 2.47. The predicted molar refractivity (Wildman–Crippen MR) is 130 cm³/mol. The van der Waals surface area contributed by atoms with Gasteiger partial charge in [-0.1, -0.05) is 26.0 Å². The van der Waals surface area contributed by atoms with Crippen LogP contribution in [0.4, 0.5) is 22.0 Å². The Morgan fingerprint density at radius 2 is 1.76 bits per heavy atom. The van der Waals surface area contributed by atoms with Crippen molar-refractivity contribution in [2.24, 2.45) is 5.92 Å². The van der Waals surface area contributed by atoms with Crippen LogP contribution in [0.3, 0.4) is 0 Å². The Bertz CT molecular complexity index is 1070. The van der Waals surface area contributed by atoms with Gasteiger partial charge in [0, 0.05) is 18.2 Å². The first-order valence-corrected chi connectivity index (χ1v) is 12.8. The average molecular weight is 525 g/mol. The van der Waals surface area contributed by atoms with E-state index in [0.717, 1.165) is 50.0 Å². The fourth-order valence-electron chi connectivity index (χ4n) is 5.51. The number of amides is 1. The maximum atomic E-state index is 14.1. The zero-order chi connectivity index (χ0) is 26.8. The minimum Gasteiger partial charge on any atom is -0.363 e. The van der Waals surface area contributed by atoms with Crippen molar-refractivity contribution in [2.75, 3.05) is 19.7 Å². The lowest BCUT2D eigenvalue weighted by molar-refractivity contribution is -0.170. The number of alkyl halides is 3. The van der Waals surface area contributed by atoms with Gasteiger partial charge >= 0.3 is 6.18 Å². The molecule has 0 spiro atoms. The fraction of sp³-hybridized carbons (Fsp3) is 0.536. The predicted octanol–water partition coefficient (Wildman–Crippen LogP) is 6.05. The normalized spacial score (nSPS) is 23.8. The van der Waals surface area contributed by atoms with Gasteiger partial charge in [0.05, 0.1) is 12.2 Å². The van der Waals surface area contributed by atoms with E-state index in [1.54, 1.807) is 0 Å². The molecule has 1 N–H and O–H groups in total. The van der Waals surface area contributed by atoms with Crippen molar-refractivity contribution in [1.29, 1.82) is 0 Å². The summed E-state index contributed by atoms with van der Waals surface area (Å²) in [6.45, 7) is 5.52. The first-order valence-electron chi connectivity index (χ1n) is 12.8. The Labute approximate surface area is 214 Å². The first kappa shape index (κ1) is 27.5. The van der Waals surface area contributed by atoms with Gasteiger partial charge in [0.15, 0.2) is 0 Å². The molecule has 2 saturated heterocycles. The van der Waals surface area contributed by atoms with E-state index in [0.29, 0.717) is 25.0 Å². The molecule has 37 heavy (non-hydrogen) atoms. The van der Waals surface area contributed by atoms with Crippen LogP contribution < -0.4 is 5.32 Å². The van der Waals surface area contributed by atoms with Gasteiger partial charge in [0.1, 0.15) is 17.2 Å². The van der Waals surface area contributed by atoms with Gasteiger partial charge in [0.25, 0.3) is 5.91 Å². The lowest BCUT2D eigenvalue weighted by Gasteiger charge is -2.46. The number of likely N-dealkylation sites (tertiary alicyclic amines) is 1. The number of nitrogens with zero attached hydrogens (tertiary/aromatic N) is 1. The summed E-state index contributed by atoms with van der Waals surface area (Å²) in [4.78, 5) is 15.6. The topological polar surface area (TPSA) is 41.6 Å². The largest absolute Gasteiger partial charge is 0.416 e. The highest BCUT2D eigenvalue weighted by molar-refractivity contribution is 5.85. The third kappa shape index (κ3) is 6.14. The van der Waals surface area contributed by atoms with Crippen molar-refractivity contribution in [1.82, 2.24) is 10.2 Å². The van der Waals surface area contributed by atoms with E-state index in [1.165, 1.54) is 12.1 Å². The summed E-state index contributed by atoms with van der Waals surface area (Å²) in [7, 11) is 0. The summed E-state index contributed by atoms with van der Waals surface area (Å²) in [5.41, 5.74) is -1.16. The maximum absolute atomic E-state index is 14.1. The van der Waals surface area contributed by atoms with Crippen molar-refractivity contribution in [3.05, 3.63) is 70.8 Å². The van der Waals surface area contributed by atoms with Crippen LogP contribution in [-0.4, -0.2) is 42.1 Å². The summed E-state index contributed by atoms with van der Waals surface area (Å²) < 4.78 is 72.7. The molecule has 0 bridgehead atoms. The zero-order valence-corrected chi connectivity index (χ0v) is 21.1. The number of carbonyl (C=O) groups excluding carboxylic acids is 1. The molecule has 2 heterocycles. The van der Waals surface area contributed by atoms with Gasteiger partial charge in [-0.15, -0.1) is 0 Å². The number of hydrogen-bond acceptors (Lipinski definition) is 3. The Hall–Kier alpha value is -2.52. The molecule has 2 aromatic carbocycles. The van der Waals surface area contributed by atoms with Crippen molar-refractivity contribution in [3.8, 4) is 0 Å². The molecule has 0 aromatic heterocycles.